The minimum absolute atomic E-state index is 0.282. The van der Waals surface area contributed by atoms with Crippen LogP contribution in [0, 0.1) is 0 Å². The number of ketones is 1. The highest BCUT2D eigenvalue weighted by Crippen LogP contribution is 2.41. The summed E-state index contributed by atoms with van der Waals surface area (Å²) >= 11 is 5.82. The summed E-state index contributed by atoms with van der Waals surface area (Å²) in [4.78, 5) is 38.8. The van der Waals surface area contributed by atoms with Gasteiger partial charge in [0.25, 0.3) is 5.91 Å². The van der Waals surface area contributed by atoms with E-state index in [1.807, 2.05) is 24.3 Å². The Morgan fingerprint density at radius 2 is 1.84 bits per heavy atom. The van der Waals surface area contributed by atoms with Crippen molar-refractivity contribution in [3.63, 3.8) is 0 Å². The van der Waals surface area contributed by atoms with Crippen LogP contribution in [0.1, 0.15) is 27.9 Å². The smallest absolute Gasteiger partial charge is 0.319 e. The number of amides is 3. The van der Waals surface area contributed by atoms with Gasteiger partial charge >= 0.3 is 6.03 Å². The van der Waals surface area contributed by atoms with E-state index in [1.54, 1.807) is 24.3 Å². The number of fused-ring (bicyclic) bond motifs is 2. The van der Waals surface area contributed by atoms with Gasteiger partial charge in [-0.15, -0.1) is 0 Å². The number of benzene rings is 2. The Labute approximate surface area is 149 Å². The van der Waals surface area contributed by atoms with Crippen molar-refractivity contribution < 1.29 is 14.4 Å². The van der Waals surface area contributed by atoms with Crippen molar-refractivity contribution in [1.82, 2.24) is 10.2 Å². The van der Waals surface area contributed by atoms with Crippen LogP contribution in [0.5, 0.6) is 0 Å². The number of aryl methyl sites for hydroxylation is 1. The maximum absolute atomic E-state index is 13.0. The van der Waals surface area contributed by atoms with Gasteiger partial charge in [-0.1, -0.05) is 35.9 Å². The van der Waals surface area contributed by atoms with Gasteiger partial charge in [0.2, 0.25) is 0 Å². The molecule has 0 bridgehead atoms. The van der Waals surface area contributed by atoms with Crippen molar-refractivity contribution in [2.75, 3.05) is 6.54 Å². The summed E-state index contributed by atoms with van der Waals surface area (Å²) < 4.78 is 0. The van der Waals surface area contributed by atoms with Crippen LogP contribution in [-0.2, 0) is 16.8 Å². The second-order valence-electron chi connectivity index (χ2n) is 6.31. The lowest BCUT2D eigenvalue weighted by molar-refractivity contribution is -0.131. The van der Waals surface area contributed by atoms with Gasteiger partial charge in [0, 0.05) is 10.6 Å². The molecule has 0 saturated carbocycles. The van der Waals surface area contributed by atoms with Crippen molar-refractivity contribution in [2.45, 2.75) is 18.4 Å². The summed E-state index contributed by atoms with van der Waals surface area (Å²) in [5.74, 6) is -0.659. The Hall–Kier alpha value is -2.66. The largest absolute Gasteiger partial charge is 0.325 e. The van der Waals surface area contributed by atoms with E-state index < -0.39 is 11.6 Å². The van der Waals surface area contributed by atoms with Crippen LogP contribution >= 0.6 is 11.6 Å². The predicted molar refractivity (Wildman–Crippen MR) is 92.5 cm³/mol. The second-order valence-corrected chi connectivity index (χ2v) is 6.75. The quantitative estimate of drug-likeness (QED) is 0.680. The number of nitrogens with one attached hydrogen (secondary N) is 1. The van der Waals surface area contributed by atoms with Gasteiger partial charge in [0.15, 0.2) is 5.78 Å². The number of halogens is 1. The first-order valence-electron chi connectivity index (χ1n) is 8.02. The first kappa shape index (κ1) is 15.8. The predicted octanol–water partition coefficient (Wildman–Crippen LogP) is 2.92. The molecule has 2 aromatic rings. The van der Waals surface area contributed by atoms with Crippen molar-refractivity contribution >= 4 is 29.3 Å². The van der Waals surface area contributed by atoms with Gasteiger partial charge < -0.3 is 5.32 Å². The molecule has 1 fully saturated rings. The molecule has 126 valence electrons. The third kappa shape index (κ3) is 2.43. The maximum atomic E-state index is 13.0. The van der Waals surface area contributed by atoms with Gasteiger partial charge in [-0.2, -0.15) is 0 Å². The fraction of sp³-hybridized carbons (Fsp3) is 0.211. The zero-order chi connectivity index (χ0) is 17.6. The Balaban J connectivity index is 1.61. The molecular weight excluding hydrogens is 340 g/mol. The third-order valence-corrected chi connectivity index (χ3v) is 5.14. The molecule has 25 heavy (non-hydrogen) atoms. The Morgan fingerprint density at radius 3 is 2.60 bits per heavy atom. The molecule has 5 nitrogen and oxygen atoms in total. The molecule has 1 atom stereocenters. The molecule has 0 unspecified atom stereocenters. The first-order valence-corrected chi connectivity index (χ1v) is 8.40. The first-order chi connectivity index (χ1) is 12.0. The fourth-order valence-electron chi connectivity index (χ4n) is 3.60. The van der Waals surface area contributed by atoms with E-state index in [0.29, 0.717) is 17.0 Å². The SMILES string of the molecule is O=C(CN1C(=O)N[C@@]2(CCc3ccccc32)C1=O)c1ccc(Cl)cc1. The molecule has 1 aliphatic carbocycles. The molecule has 1 aliphatic heterocycles. The lowest BCUT2D eigenvalue weighted by Gasteiger charge is -2.22. The zero-order valence-electron chi connectivity index (χ0n) is 13.3. The molecule has 1 N–H and O–H groups in total. The van der Waals surface area contributed by atoms with E-state index >= 15 is 0 Å². The molecule has 2 aliphatic rings. The van der Waals surface area contributed by atoms with Crippen molar-refractivity contribution in [3.8, 4) is 0 Å². The van der Waals surface area contributed by atoms with Gasteiger partial charge in [-0.25, -0.2) is 4.79 Å². The van der Waals surface area contributed by atoms with Crippen LogP contribution < -0.4 is 5.32 Å². The van der Waals surface area contributed by atoms with Crippen molar-refractivity contribution in [2.24, 2.45) is 0 Å². The van der Waals surface area contributed by atoms with Crippen LogP contribution in [0.15, 0.2) is 48.5 Å². The molecular formula is C19H15ClN2O3. The van der Waals surface area contributed by atoms with Crippen LogP contribution in [0.3, 0.4) is 0 Å². The third-order valence-electron chi connectivity index (χ3n) is 4.89. The molecule has 6 heteroatoms. The van der Waals surface area contributed by atoms with Gasteiger partial charge in [-0.05, 0) is 48.2 Å². The minimum atomic E-state index is -1.03. The van der Waals surface area contributed by atoms with E-state index in [-0.39, 0.29) is 18.2 Å². The fourth-order valence-corrected chi connectivity index (χ4v) is 3.73. The lowest BCUT2D eigenvalue weighted by atomic mass is 9.92. The Morgan fingerprint density at radius 1 is 1.12 bits per heavy atom. The lowest BCUT2D eigenvalue weighted by Crippen LogP contribution is -2.42. The highest BCUT2D eigenvalue weighted by Gasteiger charge is 2.55. The maximum Gasteiger partial charge on any atom is 0.325 e. The number of hydrogen-bond acceptors (Lipinski definition) is 3. The molecule has 4 rings (SSSR count). The minimum Gasteiger partial charge on any atom is -0.319 e. The number of nitrogens with zero attached hydrogens (tertiary/aromatic N) is 1. The second kappa shape index (κ2) is 5.70. The average Bonchev–Trinajstić information content (AvgIpc) is 3.09. The molecule has 1 saturated heterocycles. The van der Waals surface area contributed by atoms with Crippen LogP contribution in [-0.4, -0.2) is 29.2 Å². The molecule has 0 radical (unpaired) electrons. The summed E-state index contributed by atoms with van der Waals surface area (Å²) in [6.07, 6.45) is 1.24. The number of rotatable bonds is 3. The number of carbonyl (C=O) groups is 3. The summed E-state index contributed by atoms with van der Waals surface area (Å²) in [7, 11) is 0. The number of urea groups is 1. The normalized spacial score (nSPS) is 21.6. The van der Waals surface area contributed by atoms with Crippen LogP contribution in [0.25, 0.3) is 0 Å². The molecule has 1 heterocycles. The van der Waals surface area contributed by atoms with Crippen LogP contribution in [0.2, 0.25) is 5.02 Å². The summed E-state index contributed by atoms with van der Waals surface area (Å²) in [6, 6.07) is 13.5. The van der Waals surface area contributed by atoms with Gasteiger partial charge in [0.1, 0.15) is 5.54 Å². The topological polar surface area (TPSA) is 66.5 Å². The van der Waals surface area contributed by atoms with E-state index in [2.05, 4.69) is 5.32 Å². The zero-order valence-corrected chi connectivity index (χ0v) is 14.0. The average molecular weight is 355 g/mol. The summed E-state index contributed by atoms with van der Waals surface area (Å²) in [5.41, 5.74) is 1.27. The Bertz CT molecular complexity index is 894. The molecule has 0 aromatic heterocycles. The van der Waals surface area contributed by atoms with E-state index in [0.717, 1.165) is 22.4 Å². The summed E-state index contributed by atoms with van der Waals surface area (Å²) in [6.45, 7) is -0.282. The van der Waals surface area contributed by atoms with E-state index in [9.17, 15) is 14.4 Å². The number of hydrogen-bond donors (Lipinski definition) is 1. The van der Waals surface area contributed by atoms with Gasteiger partial charge in [0.05, 0.1) is 6.54 Å². The highest BCUT2D eigenvalue weighted by molar-refractivity contribution is 6.30. The van der Waals surface area contributed by atoms with E-state index in [4.69, 9.17) is 11.6 Å². The number of imide groups is 1. The van der Waals surface area contributed by atoms with Crippen molar-refractivity contribution in [1.29, 1.82) is 0 Å². The number of Topliss-reactive ketones (excluding diaryl/α,β-unsaturated/α-hetero) is 1. The Kier molecular flexibility index (Phi) is 3.62. The molecule has 2 aromatic carbocycles. The van der Waals surface area contributed by atoms with Crippen LogP contribution in [0.4, 0.5) is 4.79 Å². The standard InChI is InChI=1S/C19H15ClN2O3/c20-14-7-5-13(6-8-14)16(23)11-22-17(24)19(21-18(22)25)10-9-12-3-1-2-4-15(12)19/h1-8H,9-11H2,(H,21,25)/t19-/m1/s1. The highest BCUT2D eigenvalue weighted by atomic mass is 35.5. The summed E-state index contributed by atoms with van der Waals surface area (Å²) in [5, 5.41) is 3.34. The van der Waals surface area contributed by atoms with Crippen molar-refractivity contribution in [3.05, 3.63) is 70.2 Å². The number of carbonyl (C=O) groups excluding carboxylic acids is 3. The van der Waals surface area contributed by atoms with Gasteiger partial charge in [-0.3, -0.25) is 14.5 Å². The van der Waals surface area contributed by atoms with E-state index in [1.165, 1.54) is 0 Å². The molecule has 1 spiro atoms. The molecule has 3 amide bonds. The monoisotopic (exact) mass is 354 g/mol.